The molecule has 0 heterocycles. The molecule has 0 saturated heterocycles. The minimum absolute atomic E-state index is 0.0942. The van der Waals surface area contributed by atoms with Crippen molar-refractivity contribution < 1.29 is 27.9 Å². The van der Waals surface area contributed by atoms with E-state index in [9.17, 15) is 22.8 Å². The summed E-state index contributed by atoms with van der Waals surface area (Å²) < 4.78 is 41.0. The SMILES string of the molecule is CC1CCCCC([C@H](C(=O)Nc2cc(CCC(=O)O)ccc2Cl)[C@H](C)C(F)(F)F)CC1. The Morgan fingerprint density at radius 1 is 1.19 bits per heavy atom. The van der Waals surface area contributed by atoms with E-state index in [1.165, 1.54) is 6.07 Å². The quantitative estimate of drug-likeness (QED) is 0.473. The second-order valence-corrected chi connectivity index (χ2v) is 9.19. The van der Waals surface area contributed by atoms with Crippen LogP contribution in [0.15, 0.2) is 18.2 Å². The van der Waals surface area contributed by atoms with Crippen LogP contribution in [-0.4, -0.2) is 23.2 Å². The summed E-state index contributed by atoms with van der Waals surface area (Å²) in [6, 6.07) is 4.71. The van der Waals surface area contributed by atoms with E-state index in [1.807, 2.05) is 0 Å². The van der Waals surface area contributed by atoms with E-state index in [0.29, 0.717) is 24.3 Å². The van der Waals surface area contributed by atoms with Gasteiger partial charge in [0.2, 0.25) is 5.91 Å². The zero-order chi connectivity index (χ0) is 23.2. The third kappa shape index (κ3) is 7.70. The first-order valence-corrected chi connectivity index (χ1v) is 11.2. The maximum atomic E-state index is 13.7. The van der Waals surface area contributed by atoms with Crippen LogP contribution >= 0.6 is 11.6 Å². The number of hydrogen-bond donors (Lipinski definition) is 2. The number of hydrogen-bond acceptors (Lipinski definition) is 2. The average Bonchev–Trinajstić information content (AvgIpc) is 2.66. The van der Waals surface area contributed by atoms with Gasteiger partial charge in [-0.05, 0) is 48.8 Å². The molecule has 4 nitrogen and oxygen atoms in total. The number of aryl methyl sites for hydroxylation is 1. The zero-order valence-electron chi connectivity index (χ0n) is 18.0. The molecule has 1 amide bonds. The Morgan fingerprint density at radius 2 is 1.87 bits per heavy atom. The minimum atomic E-state index is -4.48. The van der Waals surface area contributed by atoms with Crippen molar-refractivity contribution in [2.45, 2.75) is 71.4 Å². The average molecular weight is 462 g/mol. The Morgan fingerprint density at radius 3 is 2.52 bits per heavy atom. The van der Waals surface area contributed by atoms with E-state index in [-0.39, 0.29) is 29.5 Å². The molecule has 1 aliphatic rings. The van der Waals surface area contributed by atoms with Gasteiger partial charge in [0.15, 0.2) is 0 Å². The van der Waals surface area contributed by atoms with Crippen molar-refractivity contribution in [2.24, 2.45) is 23.7 Å². The third-order valence-corrected chi connectivity index (χ3v) is 6.66. The van der Waals surface area contributed by atoms with Crippen LogP contribution in [0.5, 0.6) is 0 Å². The Bertz CT molecular complexity index is 769. The van der Waals surface area contributed by atoms with E-state index in [0.717, 1.165) is 32.6 Å². The number of carboxylic acid groups (broad SMARTS) is 1. The van der Waals surface area contributed by atoms with Crippen molar-refractivity contribution in [2.75, 3.05) is 5.32 Å². The smallest absolute Gasteiger partial charge is 0.392 e. The fourth-order valence-electron chi connectivity index (χ4n) is 4.39. The molecule has 1 aliphatic carbocycles. The fraction of sp³-hybridized carbons (Fsp3) is 0.652. The molecule has 2 rings (SSSR count). The van der Waals surface area contributed by atoms with Crippen molar-refractivity contribution in [3.05, 3.63) is 28.8 Å². The number of amides is 1. The number of carbonyl (C=O) groups excluding carboxylic acids is 1. The van der Waals surface area contributed by atoms with E-state index in [2.05, 4.69) is 12.2 Å². The van der Waals surface area contributed by atoms with Crippen LogP contribution < -0.4 is 5.32 Å². The summed E-state index contributed by atoms with van der Waals surface area (Å²) >= 11 is 6.18. The summed E-state index contributed by atoms with van der Waals surface area (Å²) in [5.41, 5.74) is 0.857. The van der Waals surface area contributed by atoms with Crippen LogP contribution in [0.3, 0.4) is 0 Å². The van der Waals surface area contributed by atoms with Crippen molar-refractivity contribution in [3.8, 4) is 0 Å². The summed E-state index contributed by atoms with van der Waals surface area (Å²) in [6.07, 6.45) is 0.494. The summed E-state index contributed by atoms with van der Waals surface area (Å²) in [5, 5.41) is 11.7. The highest BCUT2D eigenvalue weighted by atomic mass is 35.5. The highest BCUT2D eigenvalue weighted by Crippen LogP contribution is 2.41. The zero-order valence-corrected chi connectivity index (χ0v) is 18.7. The first kappa shape index (κ1) is 25.5. The number of carbonyl (C=O) groups is 2. The van der Waals surface area contributed by atoms with E-state index < -0.39 is 29.9 Å². The second kappa shape index (κ2) is 11.2. The lowest BCUT2D eigenvalue weighted by atomic mass is 9.74. The van der Waals surface area contributed by atoms with Gasteiger partial charge in [0.05, 0.1) is 22.5 Å². The van der Waals surface area contributed by atoms with Crippen LogP contribution in [0.4, 0.5) is 18.9 Å². The Balaban J connectivity index is 2.26. The molecule has 1 saturated carbocycles. The number of rotatable bonds is 7. The first-order valence-electron chi connectivity index (χ1n) is 10.9. The number of nitrogens with one attached hydrogen (secondary N) is 1. The first-order chi connectivity index (χ1) is 14.5. The largest absolute Gasteiger partial charge is 0.481 e. The van der Waals surface area contributed by atoms with Gasteiger partial charge < -0.3 is 10.4 Å². The normalized spacial score (nSPS) is 22.1. The van der Waals surface area contributed by atoms with Crippen LogP contribution in [0, 0.1) is 23.7 Å². The predicted octanol–water partition coefficient (Wildman–Crippen LogP) is 6.72. The maximum Gasteiger partial charge on any atom is 0.392 e. The highest BCUT2D eigenvalue weighted by molar-refractivity contribution is 6.33. The summed E-state index contributed by atoms with van der Waals surface area (Å²) in [6.45, 7) is 3.18. The molecule has 8 heteroatoms. The molecule has 174 valence electrons. The number of benzene rings is 1. The van der Waals surface area contributed by atoms with E-state index in [4.69, 9.17) is 16.7 Å². The summed E-state index contributed by atoms with van der Waals surface area (Å²) in [5.74, 6) is -4.54. The maximum absolute atomic E-state index is 13.7. The molecule has 31 heavy (non-hydrogen) atoms. The number of halogens is 4. The predicted molar refractivity (Wildman–Crippen MR) is 115 cm³/mol. The number of carboxylic acids is 1. The van der Waals surface area contributed by atoms with Gasteiger partial charge in [0.25, 0.3) is 0 Å². The summed E-state index contributed by atoms with van der Waals surface area (Å²) in [7, 11) is 0. The van der Waals surface area contributed by atoms with Gasteiger partial charge in [0, 0.05) is 6.42 Å². The number of aliphatic carboxylic acids is 1. The molecule has 1 aromatic carbocycles. The lowest BCUT2D eigenvalue weighted by Crippen LogP contribution is -2.41. The molecule has 0 aliphatic heterocycles. The van der Waals surface area contributed by atoms with Gasteiger partial charge in [-0.3, -0.25) is 9.59 Å². The molecular formula is C23H31ClF3NO3. The third-order valence-electron chi connectivity index (χ3n) is 6.33. The van der Waals surface area contributed by atoms with E-state index in [1.54, 1.807) is 12.1 Å². The van der Waals surface area contributed by atoms with Crippen LogP contribution in [0.1, 0.15) is 64.4 Å². The van der Waals surface area contributed by atoms with Crippen LogP contribution in [-0.2, 0) is 16.0 Å². The van der Waals surface area contributed by atoms with Crippen LogP contribution in [0.2, 0.25) is 5.02 Å². The molecule has 4 atom stereocenters. The Labute approximate surface area is 186 Å². The van der Waals surface area contributed by atoms with E-state index >= 15 is 0 Å². The molecule has 0 spiro atoms. The van der Waals surface area contributed by atoms with Crippen LogP contribution in [0.25, 0.3) is 0 Å². The van der Waals surface area contributed by atoms with Gasteiger partial charge in [-0.2, -0.15) is 13.2 Å². The van der Waals surface area contributed by atoms with Gasteiger partial charge in [0.1, 0.15) is 0 Å². The standard InChI is InChI=1S/C23H31ClF3NO3/c1-14-5-3-4-6-17(10-7-14)21(15(2)23(25,26)27)22(31)28-19-13-16(8-11-18(19)24)9-12-20(29)30/h8,11,13-15,17,21H,3-7,9-10,12H2,1-2H3,(H,28,31)(H,29,30)/t14?,15-,17?,21+/m0/s1. The van der Waals surface area contributed by atoms with Crippen molar-refractivity contribution >= 4 is 29.2 Å². The van der Waals surface area contributed by atoms with Crippen molar-refractivity contribution in [3.63, 3.8) is 0 Å². The lowest BCUT2D eigenvalue weighted by molar-refractivity contribution is -0.191. The molecule has 2 N–H and O–H groups in total. The van der Waals surface area contributed by atoms with Crippen molar-refractivity contribution in [1.29, 1.82) is 0 Å². The highest BCUT2D eigenvalue weighted by Gasteiger charge is 2.47. The number of alkyl halides is 3. The van der Waals surface area contributed by atoms with Gasteiger partial charge in [-0.1, -0.05) is 57.2 Å². The Hall–Kier alpha value is -1.76. The van der Waals surface area contributed by atoms with Crippen molar-refractivity contribution in [1.82, 2.24) is 0 Å². The molecule has 1 aromatic rings. The van der Waals surface area contributed by atoms with Gasteiger partial charge in [-0.25, -0.2) is 0 Å². The molecule has 1 fully saturated rings. The fourth-order valence-corrected chi connectivity index (χ4v) is 4.55. The molecule has 2 unspecified atom stereocenters. The molecule has 0 aromatic heterocycles. The second-order valence-electron chi connectivity index (χ2n) is 8.78. The molecule has 0 bridgehead atoms. The number of anilines is 1. The van der Waals surface area contributed by atoms with Gasteiger partial charge in [-0.15, -0.1) is 0 Å². The van der Waals surface area contributed by atoms with Gasteiger partial charge >= 0.3 is 12.1 Å². The molecular weight excluding hydrogens is 431 g/mol. The lowest BCUT2D eigenvalue weighted by Gasteiger charge is -2.34. The summed E-state index contributed by atoms with van der Waals surface area (Å²) in [4.78, 5) is 24.0. The molecule has 0 radical (unpaired) electrons. The topological polar surface area (TPSA) is 66.4 Å². The monoisotopic (exact) mass is 461 g/mol. The minimum Gasteiger partial charge on any atom is -0.481 e. The Kier molecular flexibility index (Phi) is 9.22.